The maximum absolute atomic E-state index is 12.6. The number of pyridine rings is 1. The first-order valence-corrected chi connectivity index (χ1v) is 10.6. The molecule has 1 aromatic carbocycles. The van der Waals surface area contributed by atoms with E-state index in [4.69, 9.17) is 16.6 Å². The third-order valence-corrected chi connectivity index (χ3v) is 6.51. The van der Waals surface area contributed by atoms with Crippen LogP contribution in [0.3, 0.4) is 0 Å². The van der Waals surface area contributed by atoms with Gasteiger partial charge < -0.3 is 5.32 Å². The first-order chi connectivity index (χ1) is 13.1. The Morgan fingerprint density at radius 2 is 2.11 bits per heavy atom. The van der Waals surface area contributed by atoms with E-state index in [0.717, 1.165) is 54.0 Å². The van der Waals surface area contributed by atoms with Crippen LogP contribution in [0.15, 0.2) is 18.2 Å². The second kappa shape index (κ2) is 8.15. The summed E-state index contributed by atoms with van der Waals surface area (Å²) in [5.74, 6) is -0.0304. The summed E-state index contributed by atoms with van der Waals surface area (Å²) in [6.45, 7) is 5.01. The van der Waals surface area contributed by atoms with Crippen LogP contribution in [0.25, 0.3) is 10.9 Å². The third-order valence-electron chi connectivity index (χ3n) is 6.08. The lowest BCUT2D eigenvalue weighted by molar-refractivity contribution is 0.0938. The molecule has 1 atom stereocenters. The zero-order chi connectivity index (χ0) is 18.8. The molecule has 0 saturated carbocycles. The number of piperidine rings is 1. The molecule has 1 aromatic heterocycles. The molecular weight excluding hydrogens is 358 g/mol. The molecule has 1 aliphatic heterocycles. The number of halogens is 1. The molecule has 144 valence electrons. The maximum atomic E-state index is 12.6. The molecule has 1 saturated heterocycles. The van der Waals surface area contributed by atoms with Gasteiger partial charge in [-0.3, -0.25) is 14.7 Å². The molecule has 0 radical (unpaired) electrons. The number of hydrogen-bond donors (Lipinski definition) is 1. The number of likely N-dealkylation sites (tertiary alicyclic amines) is 1. The lowest BCUT2D eigenvalue weighted by Gasteiger charge is -2.33. The highest BCUT2D eigenvalue weighted by Gasteiger charge is 2.19. The molecule has 0 spiro atoms. The van der Waals surface area contributed by atoms with Crippen molar-refractivity contribution in [3.05, 3.63) is 40.0 Å². The minimum absolute atomic E-state index is 0.0304. The molecule has 1 aliphatic carbocycles. The second-order valence-corrected chi connectivity index (χ2v) is 8.30. The van der Waals surface area contributed by atoms with E-state index < -0.39 is 0 Å². The fraction of sp³-hybridized carbons (Fsp3) is 0.545. The number of carbonyl (C=O) groups is 1. The van der Waals surface area contributed by atoms with Crippen LogP contribution in [0.5, 0.6) is 0 Å². The number of fused-ring (bicyclic) bond motifs is 2. The number of benzene rings is 1. The molecule has 4 rings (SSSR count). The van der Waals surface area contributed by atoms with Crippen LogP contribution in [0, 0.1) is 0 Å². The van der Waals surface area contributed by atoms with Crippen molar-refractivity contribution in [2.45, 2.75) is 57.9 Å². The number of aromatic nitrogens is 1. The lowest BCUT2D eigenvalue weighted by atomic mass is 9.94. The SMILES string of the molecule is CC1CCCCN1CCNC(=O)c1ccc2c(Cl)c3c(nc2c1)CCCC3. The molecule has 27 heavy (non-hydrogen) atoms. The van der Waals surface area contributed by atoms with Crippen LogP contribution < -0.4 is 5.32 Å². The fourth-order valence-electron chi connectivity index (χ4n) is 4.41. The predicted molar refractivity (Wildman–Crippen MR) is 111 cm³/mol. The number of amides is 1. The minimum Gasteiger partial charge on any atom is -0.351 e. The molecule has 2 aromatic rings. The molecule has 4 nitrogen and oxygen atoms in total. The van der Waals surface area contributed by atoms with Crippen molar-refractivity contribution in [3.8, 4) is 0 Å². The van der Waals surface area contributed by atoms with Crippen molar-refractivity contribution in [3.63, 3.8) is 0 Å². The number of hydrogen-bond acceptors (Lipinski definition) is 3. The van der Waals surface area contributed by atoms with Crippen LogP contribution in [-0.4, -0.2) is 41.5 Å². The number of rotatable bonds is 4. The van der Waals surface area contributed by atoms with E-state index in [1.54, 1.807) is 0 Å². The average Bonchev–Trinajstić information content (AvgIpc) is 2.69. The Hall–Kier alpha value is -1.65. The van der Waals surface area contributed by atoms with Gasteiger partial charge in [0.25, 0.3) is 5.91 Å². The van der Waals surface area contributed by atoms with Gasteiger partial charge in [0, 0.05) is 35.8 Å². The van der Waals surface area contributed by atoms with Crippen molar-refractivity contribution in [2.24, 2.45) is 0 Å². The zero-order valence-electron chi connectivity index (χ0n) is 16.1. The number of nitrogens with zero attached hydrogens (tertiary/aromatic N) is 2. The van der Waals surface area contributed by atoms with Crippen molar-refractivity contribution in [2.75, 3.05) is 19.6 Å². The Kier molecular flexibility index (Phi) is 5.65. The van der Waals surface area contributed by atoms with E-state index >= 15 is 0 Å². The molecule has 5 heteroatoms. The molecule has 2 aliphatic rings. The molecule has 1 unspecified atom stereocenters. The normalized spacial score (nSPS) is 20.4. The molecule has 2 heterocycles. The summed E-state index contributed by atoms with van der Waals surface area (Å²) < 4.78 is 0. The zero-order valence-corrected chi connectivity index (χ0v) is 16.8. The summed E-state index contributed by atoms with van der Waals surface area (Å²) in [4.78, 5) is 19.9. The third kappa shape index (κ3) is 3.97. The van der Waals surface area contributed by atoms with Crippen LogP contribution in [0.2, 0.25) is 5.02 Å². The molecule has 1 fully saturated rings. The highest BCUT2D eigenvalue weighted by Crippen LogP contribution is 2.33. The lowest BCUT2D eigenvalue weighted by Crippen LogP contribution is -2.42. The smallest absolute Gasteiger partial charge is 0.251 e. The summed E-state index contributed by atoms with van der Waals surface area (Å²) in [7, 11) is 0. The van der Waals surface area contributed by atoms with E-state index in [1.165, 1.54) is 31.2 Å². The molecular formula is C22H28ClN3O. The van der Waals surface area contributed by atoms with Gasteiger partial charge in [-0.15, -0.1) is 0 Å². The predicted octanol–water partition coefficient (Wildman–Crippen LogP) is 4.37. The van der Waals surface area contributed by atoms with E-state index in [1.807, 2.05) is 18.2 Å². The summed E-state index contributed by atoms with van der Waals surface area (Å²) in [6, 6.07) is 6.31. The van der Waals surface area contributed by atoms with Crippen LogP contribution >= 0.6 is 11.6 Å². The largest absolute Gasteiger partial charge is 0.351 e. The van der Waals surface area contributed by atoms with Crippen LogP contribution in [0.4, 0.5) is 0 Å². The number of aryl methyl sites for hydroxylation is 1. The molecule has 1 amide bonds. The summed E-state index contributed by atoms with van der Waals surface area (Å²) in [5.41, 5.74) is 3.80. The quantitative estimate of drug-likeness (QED) is 0.849. The van der Waals surface area contributed by atoms with Gasteiger partial charge >= 0.3 is 0 Å². The van der Waals surface area contributed by atoms with Gasteiger partial charge in [-0.25, -0.2) is 0 Å². The van der Waals surface area contributed by atoms with Crippen molar-refractivity contribution in [1.29, 1.82) is 0 Å². The Labute approximate surface area is 166 Å². The van der Waals surface area contributed by atoms with E-state index in [0.29, 0.717) is 18.2 Å². The van der Waals surface area contributed by atoms with Crippen LogP contribution in [0.1, 0.15) is 60.6 Å². The van der Waals surface area contributed by atoms with Gasteiger partial charge in [0.2, 0.25) is 0 Å². The van der Waals surface area contributed by atoms with Crippen molar-refractivity contribution < 1.29 is 4.79 Å². The van der Waals surface area contributed by atoms with E-state index in [-0.39, 0.29) is 5.91 Å². The summed E-state index contributed by atoms with van der Waals surface area (Å²) >= 11 is 6.63. The monoisotopic (exact) mass is 385 g/mol. The van der Waals surface area contributed by atoms with Gasteiger partial charge in [-0.05, 0) is 69.7 Å². The Balaban J connectivity index is 1.46. The highest BCUT2D eigenvalue weighted by atomic mass is 35.5. The van der Waals surface area contributed by atoms with Gasteiger partial charge in [0.15, 0.2) is 0 Å². The average molecular weight is 386 g/mol. The maximum Gasteiger partial charge on any atom is 0.251 e. The molecule has 1 N–H and O–H groups in total. The Morgan fingerprint density at radius 1 is 1.26 bits per heavy atom. The number of nitrogens with one attached hydrogen (secondary N) is 1. The summed E-state index contributed by atoms with van der Waals surface area (Å²) in [5, 5.41) is 4.84. The van der Waals surface area contributed by atoms with Crippen LogP contribution in [-0.2, 0) is 12.8 Å². The molecule has 0 bridgehead atoms. The van der Waals surface area contributed by atoms with Crippen molar-refractivity contribution in [1.82, 2.24) is 15.2 Å². The Bertz CT molecular complexity index is 851. The van der Waals surface area contributed by atoms with Gasteiger partial charge in [-0.2, -0.15) is 0 Å². The topological polar surface area (TPSA) is 45.2 Å². The summed E-state index contributed by atoms with van der Waals surface area (Å²) in [6.07, 6.45) is 8.17. The van der Waals surface area contributed by atoms with Gasteiger partial charge in [0.1, 0.15) is 0 Å². The number of carbonyl (C=O) groups excluding carboxylic acids is 1. The highest BCUT2D eigenvalue weighted by molar-refractivity contribution is 6.36. The van der Waals surface area contributed by atoms with E-state index in [9.17, 15) is 4.79 Å². The first kappa shape index (κ1) is 18.7. The van der Waals surface area contributed by atoms with Crippen molar-refractivity contribution >= 4 is 28.4 Å². The Morgan fingerprint density at radius 3 is 2.96 bits per heavy atom. The van der Waals surface area contributed by atoms with E-state index in [2.05, 4.69) is 17.1 Å². The van der Waals surface area contributed by atoms with Gasteiger partial charge in [0.05, 0.1) is 10.5 Å². The fourth-order valence-corrected chi connectivity index (χ4v) is 4.78. The second-order valence-electron chi connectivity index (χ2n) is 7.93. The standard InChI is InChI=1S/C22H28ClN3O/c1-15-6-4-5-12-26(15)13-11-24-22(27)16-9-10-18-20(14-16)25-19-8-3-2-7-17(19)21(18)23/h9-10,14-15H,2-8,11-13H2,1H3,(H,24,27). The van der Waals surface area contributed by atoms with Gasteiger partial charge in [-0.1, -0.05) is 24.1 Å². The first-order valence-electron chi connectivity index (χ1n) is 10.3. The minimum atomic E-state index is -0.0304.